The molecule has 0 N–H and O–H groups in total. The first-order chi connectivity index (χ1) is 10.2. The molecular weight excluding hydrogens is 323 g/mol. The van der Waals surface area contributed by atoms with Crippen LogP contribution in [0.15, 0.2) is 70.2 Å². The van der Waals surface area contributed by atoms with Crippen molar-refractivity contribution in [1.82, 2.24) is 0 Å². The Labute approximate surface area is 137 Å². The van der Waals surface area contributed by atoms with Crippen molar-refractivity contribution in [2.24, 2.45) is 0 Å². The van der Waals surface area contributed by atoms with Gasteiger partial charge >= 0.3 is 0 Å². The summed E-state index contributed by atoms with van der Waals surface area (Å²) in [5.41, 5.74) is 2.24. The van der Waals surface area contributed by atoms with Gasteiger partial charge in [0.2, 0.25) is 0 Å². The molecule has 0 bridgehead atoms. The van der Waals surface area contributed by atoms with Crippen LogP contribution in [0.1, 0.15) is 5.56 Å². The lowest BCUT2D eigenvalue weighted by Gasteiger charge is -2.04. The number of hydrogen-bond donors (Lipinski definition) is 0. The Kier molecular flexibility index (Phi) is 4.59. The van der Waals surface area contributed by atoms with Crippen molar-refractivity contribution in [2.45, 2.75) is 10.6 Å². The number of thioether (sulfide) groups is 1. The normalized spacial score (nSPS) is 10.8. The molecule has 0 aliphatic carbocycles. The molecule has 3 aromatic rings. The SMILES string of the molecule is Clc1ccc(CSc2ccc(-c3ccco3)cc2)cc1Cl. The first-order valence-corrected chi connectivity index (χ1v) is 8.17. The highest BCUT2D eigenvalue weighted by atomic mass is 35.5. The van der Waals surface area contributed by atoms with Crippen LogP contribution in [0.3, 0.4) is 0 Å². The monoisotopic (exact) mass is 334 g/mol. The summed E-state index contributed by atoms with van der Waals surface area (Å²) in [5, 5.41) is 1.19. The van der Waals surface area contributed by atoms with Gasteiger partial charge in [-0.2, -0.15) is 0 Å². The minimum absolute atomic E-state index is 0.591. The molecule has 2 aromatic carbocycles. The zero-order valence-electron chi connectivity index (χ0n) is 11.1. The van der Waals surface area contributed by atoms with Gasteiger partial charge in [0, 0.05) is 16.2 Å². The topological polar surface area (TPSA) is 13.1 Å². The van der Waals surface area contributed by atoms with Gasteiger partial charge in [0.05, 0.1) is 16.3 Å². The lowest BCUT2D eigenvalue weighted by atomic mass is 10.2. The third-order valence-corrected chi connectivity index (χ3v) is 4.87. The Morgan fingerprint density at radius 3 is 2.38 bits per heavy atom. The molecule has 0 radical (unpaired) electrons. The van der Waals surface area contributed by atoms with E-state index in [1.807, 2.05) is 30.3 Å². The largest absolute Gasteiger partial charge is 0.464 e. The van der Waals surface area contributed by atoms with E-state index in [4.69, 9.17) is 27.6 Å². The van der Waals surface area contributed by atoms with Gasteiger partial charge in [0.15, 0.2) is 0 Å². The molecule has 1 aromatic heterocycles. The van der Waals surface area contributed by atoms with Crippen molar-refractivity contribution < 1.29 is 4.42 Å². The highest BCUT2D eigenvalue weighted by Gasteiger charge is 2.03. The highest BCUT2D eigenvalue weighted by molar-refractivity contribution is 7.98. The molecule has 21 heavy (non-hydrogen) atoms. The van der Waals surface area contributed by atoms with Crippen LogP contribution in [-0.4, -0.2) is 0 Å². The molecule has 0 unspecified atom stereocenters. The molecular formula is C17H12Cl2OS. The number of furan rings is 1. The van der Waals surface area contributed by atoms with E-state index in [-0.39, 0.29) is 0 Å². The van der Waals surface area contributed by atoms with E-state index in [1.54, 1.807) is 18.0 Å². The number of benzene rings is 2. The van der Waals surface area contributed by atoms with E-state index in [0.29, 0.717) is 10.0 Å². The fourth-order valence-corrected chi connectivity index (χ4v) is 3.12. The van der Waals surface area contributed by atoms with E-state index < -0.39 is 0 Å². The number of hydrogen-bond acceptors (Lipinski definition) is 2. The van der Waals surface area contributed by atoms with Gasteiger partial charge in [-0.1, -0.05) is 41.4 Å². The molecule has 1 nitrogen and oxygen atoms in total. The average Bonchev–Trinajstić information content (AvgIpc) is 3.03. The standard InChI is InChI=1S/C17H12Cl2OS/c18-15-8-3-12(10-16(15)19)11-21-14-6-4-13(5-7-14)17-2-1-9-20-17/h1-10H,11H2. The fraction of sp³-hybridized carbons (Fsp3) is 0.0588. The van der Waals surface area contributed by atoms with Gasteiger partial charge in [-0.3, -0.25) is 0 Å². The maximum absolute atomic E-state index is 6.02. The van der Waals surface area contributed by atoms with Crippen LogP contribution in [0, 0.1) is 0 Å². The van der Waals surface area contributed by atoms with Crippen LogP contribution in [-0.2, 0) is 5.75 Å². The molecule has 3 rings (SSSR count). The van der Waals surface area contributed by atoms with Crippen LogP contribution in [0.4, 0.5) is 0 Å². The van der Waals surface area contributed by atoms with Crippen molar-refractivity contribution in [1.29, 1.82) is 0 Å². The molecule has 106 valence electrons. The zero-order chi connectivity index (χ0) is 14.7. The summed E-state index contributed by atoms with van der Waals surface area (Å²) in [4.78, 5) is 1.20. The minimum atomic E-state index is 0.591. The number of halogens is 2. The summed E-state index contributed by atoms with van der Waals surface area (Å²) < 4.78 is 5.38. The molecule has 0 atom stereocenters. The smallest absolute Gasteiger partial charge is 0.133 e. The summed E-state index contributed by atoms with van der Waals surface area (Å²) in [5.74, 6) is 1.74. The molecule has 0 aliphatic heterocycles. The summed E-state index contributed by atoms with van der Waals surface area (Å²) in [7, 11) is 0. The maximum atomic E-state index is 6.02. The average molecular weight is 335 g/mol. The van der Waals surface area contributed by atoms with Crippen LogP contribution >= 0.6 is 35.0 Å². The third-order valence-electron chi connectivity index (χ3n) is 3.05. The van der Waals surface area contributed by atoms with Gasteiger partial charge in [-0.15, -0.1) is 11.8 Å². The summed E-state index contributed by atoms with van der Waals surface area (Å²) in [6.45, 7) is 0. The second kappa shape index (κ2) is 6.61. The first kappa shape index (κ1) is 14.6. The van der Waals surface area contributed by atoms with E-state index in [1.165, 1.54) is 4.90 Å². The fourth-order valence-electron chi connectivity index (χ4n) is 1.95. The van der Waals surface area contributed by atoms with E-state index in [0.717, 1.165) is 22.6 Å². The van der Waals surface area contributed by atoms with Crippen molar-refractivity contribution in [3.63, 3.8) is 0 Å². The Hall–Kier alpha value is -1.35. The van der Waals surface area contributed by atoms with Gasteiger partial charge in [-0.25, -0.2) is 0 Å². The van der Waals surface area contributed by atoms with Crippen molar-refractivity contribution in [2.75, 3.05) is 0 Å². The van der Waals surface area contributed by atoms with Crippen molar-refractivity contribution >= 4 is 35.0 Å². The van der Waals surface area contributed by atoms with E-state index >= 15 is 0 Å². The molecule has 0 fully saturated rings. The first-order valence-electron chi connectivity index (χ1n) is 6.43. The van der Waals surface area contributed by atoms with Crippen molar-refractivity contribution in [3.8, 4) is 11.3 Å². The molecule has 4 heteroatoms. The zero-order valence-corrected chi connectivity index (χ0v) is 13.4. The molecule has 0 amide bonds. The van der Waals surface area contributed by atoms with Gasteiger partial charge in [-0.05, 0) is 42.0 Å². The number of rotatable bonds is 4. The lowest BCUT2D eigenvalue weighted by molar-refractivity contribution is 0.582. The Morgan fingerprint density at radius 1 is 0.905 bits per heavy atom. The van der Waals surface area contributed by atoms with Crippen LogP contribution < -0.4 is 0 Å². The minimum Gasteiger partial charge on any atom is -0.464 e. The van der Waals surface area contributed by atoms with Gasteiger partial charge in [0.1, 0.15) is 5.76 Å². The van der Waals surface area contributed by atoms with Crippen LogP contribution in [0.25, 0.3) is 11.3 Å². The van der Waals surface area contributed by atoms with Gasteiger partial charge in [0.25, 0.3) is 0 Å². The molecule has 0 aliphatic rings. The summed E-state index contributed by atoms with van der Waals surface area (Å²) in [6, 6.07) is 17.9. The quantitative estimate of drug-likeness (QED) is 0.502. The second-order valence-corrected chi connectivity index (χ2v) is 6.40. The van der Waals surface area contributed by atoms with E-state index in [9.17, 15) is 0 Å². The van der Waals surface area contributed by atoms with Crippen LogP contribution in [0.5, 0.6) is 0 Å². The highest BCUT2D eigenvalue weighted by Crippen LogP contribution is 2.29. The summed E-state index contributed by atoms with van der Waals surface area (Å²) >= 11 is 13.7. The Balaban J connectivity index is 1.66. The van der Waals surface area contributed by atoms with Crippen molar-refractivity contribution in [3.05, 3.63) is 76.5 Å². The Morgan fingerprint density at radius 2 is 1.71 bits per heavy atom. The summed E-state index contributed by atoms with van der Waals surface area (Å²) in [6.07, 6.45) is 1.68. The van der Waals surface area contributed by atoms with Crippen LogP contribution in [0.2, 0.25) is 10.0 Å². The van der Waals surface area contributed by atoms with E-state index in [2.05, 4.69) is 24.3 Å². The molecule has 1 heterocycles. The molecule has 0 saturated carbocycles. The van der Waals surface area contributed by atoms with Gasteiger partial charge < -0.3 is 4.42 Å². The maximum Gasteiger partial charge on any atom is 0.133 e. The predicted octanol–water partition coefficient (Wildman–Crippen LogP) is 6.55. The lowest BCUT2D eigenvalue weighted by Crippen LogP contribution is -1.82. The second-order valence-electron chi connectivity index (χ2n) is 4.54. The predicted molar refractivity (Wildman–Crippen MR) is 90.2 cm³/mol. The molecule has 0 saturated heterocycles. The Bertz CT molecular complexity index is 721. The molecule has 0 spiro atoms. The third kappa shape index (κ3) is 3.65.